The molecule has 7 heteroatoms. The quantitative estimate of drug-likeness (QED) is 0.779. The van der Waals surface area contributed by atoms with Crippen LogP contribution in [0.15, 0.2) is 53.4 Å². The van der Waals surface area contributed by atoms with Gasteiger partial charge in [-0.3, -0.25) is 9.59 Å². The van der Waals surface area contributed by atoms with Gasteiger partial charge in [-0.2, -0.15) is 0 Å². The molecule has 0 aromatic heterocycles. The van der Waals surface area contributed by atoms with E-state index in [4.69, 9.17) is 0 Å². The van der Waals surface area contributed by atoms with Crippen molar-refractivity contribution in [3.05, 3.63) is 59.7 Å². The van der Waals surface area contributed by atoms with Gasteiger partial charge in [0.2, 0.25) is 5.91 Å². The van der Waals surface area contributed by atoms with Crippen LogP contribution < -0.4 is 10.6 Å². The lowest BCUT2D eigenvalue weighted by Gasteiger charge is -2.11. The molecule has 2 N–H and O–H groups in total. The van der Waals surface area contributed by atoms with Crippen molar-refractivity contribution in [1.82, 2.24) is 5.32 Å². The molecule has 0 aliphatic carbocycles. The molecule has 0 aliphatic rings. The largest absolute Gasteiger partial charge is 0.348 e. The van der Waals surface area contributed by atoms with Crippen LogP contribution in [0.2, 0.25) is 0 Å². The molecule has 2 aromatic carbocycles. The Kier molecular flexibility index (Phi) is 6.52. The molecule has 0 spiro atoms. The lowest BCUT2D eigenvalue weighted by Crippen LogP contribution is -2.25. The number of hydrogen-bond donors (Lipinski definition) is 2. The number of sulfone groups is 1. The van der Waals surface area contributed by atoms with E-state index in [9.17, 15) is 18.0 Å². The third-order valence-corrected chi connectivity index (χ3v) is 5.61. The van der Waals surface area contributed by atoms with E-state index < -0.39 is 15.7 Å². The van der Waals surface area contributed by atoms with Crippen LogP contribution in [0.5, 0.6) is 0 Å². The zero-order chi connectivity index (χ0) is 19.2. The van der Waals surface area contributed by atoms with E-state index in [-0.39, 0.29) is 28.7 Å². The van der Waals surface area contributed by atoms with E-state index in [1.54, 1.807) is 37.3 Å². The van der Waals surface area contributed by atoms with Gasteiger partial charge in [-0.15, -0.1) is 0 Å². The van der Waals surface area contributed by atoms with Gasteiger partial charge in [0.1, 0.15) is 0 Å². The van der Waals surface area contributed by atoms with Crippen molar-refractivity contribution < 1.29 is 18.0 Å². The molecule has 26 heavy (non-hydrogen) atoms. The van der Waals surface area contributed by atoms with E-state index in [0.29, 0.717) is 12.1 Å². The predicted octanol–water partition coefficient (Wildman–Crippen LogP) is 2.76. The summed E-state index contributed by atoms with van der Waals surface area (Å²) in [5.74, 6) is -0.637. The molecular weight excluding hydrogens is 352 g/mol. The van der Waals surface area contributed by atoms with Crippen LogP contribution >= 0.6 is 0 Å². The van der Waals surface area contributed by atoms with E-state index in [1.165, 1.54) is 19.1 Å². The van der Waals surface area contributed by atoms with Crippen LogP contribution in [0.25, 0.3) is 0 Å². The first-order valence-electron chi connectivity index (χ1n) is 8.30. The molecule has 138 valence electrons. The summed E-state index contributed by atoms with van der Waals surface area (Å²) in [5.41, 5.74) is 1.56. The van der Waals surface area contributed by atoms with Crippen LogP contribution in [-0.4, -0.2) is 26.0 Å². The van der Waals surface area contributed by atoms with Crippen LogP contribution in [0.3, 0.4) is 0 Å². The third-order valence-electron chi connectivity index (χ3n) is 3.64. The molecule has 2 rings (SSSR count). The second-order valence-electron chi connectivity index (χ2n) is 5.88. The summed E-state index contributed by atoms with van der Waals surface area (Å²) in [4.78, 5) is 23.7. The Hall–Kier alpha value is -2.67. The SMILES string of the molecule is CCCS(=O)(=O)c1ccccc1C(=O)NCc1cccc(NC(C)=O)c1. The Morgan fingerprint density at radius 3 is 2.46 bits per heavy atom. The standard InChI is InChI=1S/C19H22N2O4S/c1-3-11-26(24,25)18-10-5-4-9-17(18)19(23)20-13-15-7-6-8-16(12-15)21-14(2)22/h4-10,12H,3,11,13H2,1-2H3,(H,20,23)(H,21,22). The lowest BCUT2D eigenvalue weighted by atomic mass is 10.1. The smallest absolute Gasteiger partial charge is 0.252 e. The number of amides is 2. The molecule has 0 aliphatic heterocycles. The van der Waals surface area contributed by atoms with Crippen LogP contribution in [0.1, 0.15) is 36.2 Å². The summed E-state index contributed by atoms with van der Waals surface area (Å²) in [7, 11) is -3.50. The minimum absolute atomic E-state index is 0.00391. The lowest BCUT2D eigenvalue weighted by molar-refractivity contribution is -0.114. The van der Waals surface area contributed by atoms with E-state index in [1.807, 2.05) is 6.07 Å². The summed E-state index contributed by atoms with van der Waals surface area (Å²) in [6.07, 6.45) is 0.480. The molecule has 0 radical (unpaired) electrons. The normalized spacial score (nSPS) is 11.0. The molecule has 0 heterocycles. The highest BCUT2D eigenvalue weighted by Gasteiger charge is 2.21. The number of carbonyl (C=O) groups is 2. The summed E-state index contributed by atoms with van der Waals surface area (Å²) in [6, 6.07) is 13.3. The summed E-state index contributed by atoms with van der Waals surface area (Å²) in [5, 5.41) is 5.41. The third kappa shape index (κ3) is 5.16. The highest BCUT2D eigenvalue weighted by atomic mass is 32.2. The zero-order valence-electron chi connectivity index (χ0n) is 14.8. The molecule has 0 saturated heterocycles. The highest BCUT2D eigenvalue weighted by Crippen LogP contribution is 2.18. The highest BCUT2D eigenvalue weighted by molar-refractivity contribution is 7.91. The van der Waals surface area contributed by atoms with Crippen molar-refractivity contribution in [2.24, 2.45) is 0 Å². The van der Waals surface area contributed by atoms with Gasteiger partial charge >= 0.3 is 0 Å². The van der Waals surface area contributed by atoms with Crippen molar-refractivity contribution in [2.45, 2.75) is 31.7 Å². The van der Waals surface area contributed by atoms with Crippen molar-refractivity contribution in [3.8, 4) is 0 Å². The Morgan fingerprint density at radius 2 is 1.77 bits per heavy atom. The van der Waals surface area contributed by atoms with E-state index in [0.717, 1.165) is 5.56 Å². The summed E-state index contributed by atoms with van der Waals surface area (Å²) in [6.45, 7) is 3.42. The maximum Gasteiger partial charge on any atom is 0.252 e. The molecule has 0 atom stereocenters. The molecule has 0 saturated carbocycles. The first-order valence-corrected chi connectivity index (χ1v) is 9.95. The van der Waals surface area contributed by atoms with Gasteiger partial charge in [0.05, 0.1) is 16.2 Å². The van der Waals surface area contributed by atoms with Gasteiger partial charge in [-0.05, 0) is 36.2 Å². The average Bonchev–Trinajstić information content (AvgIpc) is 2.59. The fourth-order valence-electron chi connectivity index (χ4n) is 2.54. The second kappa shape index (κ2) is 8.62. The van der Waals surface area contributed by atoms with Crippen molar-refractivity contribution in [3.63, 3.8) is 0 Å². The first kappa shape index (κ1) is 19.7. The average molecular weight is 374 g/mol. The number of nitrogens with one attached hydrogen (secondary N) is 2. The maximum absolute atomic E-state index is 12.5. The van der Waals surface area contributed by atoms with Gasteiger partial charge < -0.3 is 10.6 Å². The monoisotopic (exact) mass is 374 g/mol. The second-order valence-corrected chi connectivity index (χ2v) is 7.96. The zero-order valence-corrected chi connectivity index (χ0v) is 15.6. The van der Waals surface area contributed by atoms with Crippen molar-refractivity contribution >= 4 is 27.3 Å². The number of anilines is 1. The topological polar surface area (TPSA) is 92.3 Å². The molecule has 2 amide bonds. The van der Waals surface area contributed by atoms with Crippen molar-refractivity contribution in [2.75, 3.05) is 11.1 Å². The Bertz CT molecular complexity index is 907. The van der Waals surface area contributed by atoms with Gasteiger partial charge in [-0.25, -0.2) is 8.42 Å². The number of rotatable bonds is 7. The minimum Gasteiger partial charge on any atom is -0.348 e. The fourth-order valence-corrected chi connectivity index (χ4v) is 4.08. The first-order chi connectivity index (χ1) is 12.3. The minimum atomic E-state index is -3.50. The van der Waals surface area contributed by atoms with Crippen LogP contribution in [0, 0.1) is 0 Å². The van der Waals surface area contributed by atoms with E-state index >= 15 is 0 Å². The summed E-state index contributed by atoms with van der Waals surface area (Å²) >= 11 is 0. The Morgan fingerprint density at radius 1 is 1.04 bits per heavy atom. The van der Waals surface area contributed by atoms with Crippen LogP contribution in [-0.2, 0) is 21.2 Å². The fraction of sp³-hybridized carbons (Fsp3) is 0.263. The Balaban J connectivity index is 2.16. The molecule has 2 aromatic rings. The molecular formula is C19H22N2O4S. The molecule has 0 unspecified atom stereocenters. The summed E-state index contributed by atoms with van der Waals surface area (Å²) < 4.78 is 24.7. The predicted molar refractivity (Wildman–Crippen MR) is 101 cm³/mol. The Labute approximate surface area is 153 Å². The van der Waals surface area contributed by atoms with Crippen LogP contribution in [0.4, 0.5) is 5.69 Å². The number of hydrogen-bond acceptors (Lipinski definition) is 4. The number of benzene rings is 2. The van der Waals surface area contributed by atoms with Gasteiger partial charge in [-0.1, -0.05) is 31.2 Å². The van der Waals surface area contributed by atoms with Crippen molar-refractivity contribution in [1.29, 1.82) is 0 Å². The maximum atomic E-state index is 12.5. The van der Waals surface area contributed by atoms with Gasteiger partial charge in [0.15, 0.2) is 9.84 Å². The number of carbonyl (C=O) groups excluding carboxylic acids is 2. The molecule has 0 fully saturated rings. The van der Waals surface area contributed by atoms with Gasteiger partial charge in [0, 0.05) is 19.2 Å². The van der Waals surface area contributed by atoms with E-state index in [2.05, 4.69) is 10.6 Å². The molecule has 0 bridgehead atoms. The van der Waals surface area contributed by atoms with Gasteiger partial charge in [0.25, 0.3) is 5.91 Å². The molecule has 6 nitrogen and oxygen atoms in total.